The minimum Gasteiger partial charge on any atom is -0.349 e. The summed E-state index contributed by atoms with van der Waals surface area (Å²) >= 11 is 13.4. The Morgan fingerprint density at radius 2 is 2.08 bits per heavy atom. The summed E-state index contributed by atoms with van der Waals surface area (Å²) in [5, 5.41) is 6.60. The normalized spacial score (nSPS) is 12.0. The second kappa shape index (κ2) is 7.95. The van der Waals surface area contributed by atoms with E-state index >= 15 is 0 Å². The highest BCUT2D eigenvalue weighted by molar-refractivity contribution is 7.13. The zero-order valence-electron chi connectivity index (χ0n) is 13.4. The van der Waals surface area contributed by atoms with Crippen molar-refractivity contribution in [3.63, 3.8) is 0 Å². The molecule has 128 valence electrons. The first-order valence-electron chi connectivity index (χ1n) is 7.63. The van der Waals surface area contributed by atoms with E-state index in [4.69, 9.17) is 23.2 Å². The van der Waals surface area contributed by atoms with E-state index in [0.717, 1.165) is 22.0 Å². The van der Waals surface area contributed by atoms with Crippen LogP contribution >= 0.6 is 34.5 Å². The van der Waals surface area contributed by atoms with E-state index in [-0.39, 0.29) is 18.4 Å². The van der Waals surface area contributed by atoms with Gasteiger partial charge in [0.05, 0.1) is 33.9 Å². The van der Waals surface area contributed by atoms with Crippen LogP contribution in [-0.2, 0) is 11.2 Å². The van der Waals surface area contributed by atoms with Crippen LogP contribution in [0.5, 0.6) is 0 Å². The van der Waals surface area contributed by atoms with Crippen LogP contribution in [-0.4, -0.2) is 15.9 Å². The fraction of sp³-hybridized carbons (Fsp3) is 0.167. The lowest BCUT2D eigenvalue weighted by Crippen LogP contribution is -2.28. The molecule has 0 bridgehead atoms. The maximum atomic E-state index is 12.3. The molecule has 0 aliphatic rings. The minimum absolute atomic E-state index is 0.101. The number of halogens is 2. The highest BCUT2D eigenvalue weighted by Crippen LogP contribution is 2.26. The summed E-state index contributed by atoms with van der Waals surface area (Å²) in [6.07, 6.45) is 1.94. The van der Waals surface area contributed by atoms with Crippen LogP contribution in [0.1, 0.15) is 24.2 Å². The maximum absolute atomic E-state index is 12.3. The molecule has 0 saturated carbocycles. The Labute approximate surface area is 159 Å². The smallest absolute Gasteiger partial charge is 0.226 e. The van der Waals surface area contributed by atoms with Gasteiger partial charge in [-0.1, -0.05) is 35.3 Å². The molecule has 0 fully saturated rings. The molecule has 0 aliphatic heterocycles. The van der Waals surface area contributed by atoms with Gasteiger partial charge < -0.3 is 5.32 Å². The molecule has 1 atom stereocenters. The van der Waals surface area contributed by atoms with Gasteiger partial charge in [0, 0.05) is 11.6 Å². The first kappa shape index (κ1) is 17.9. The van der Waals surface area contributed by atoms with Crippen LogP contribution in [0.3, 0.4) is 0 Å². The third-order valence-electron chi connectivity index (χ3n) is 3.60. The van der Waals surface area contributed by atoms with Crippen LogP contribution < -0.4 is 5.32 Å². The predicted molar refractivity (Wildman–Crippen MR) is 102 cm³/mol. The van der Waals surface area contributed by atoms with E-state index in [0.29, 0.717) is 10.0 Å². The topological polar surface area (TPSA) is 54.9 Å². The van der Waals surface area contributed by atoms with Crippen LogP contribution in [0.4, 0.5) is 0 Å². The van der Waals surface area contributed by atoms with E-state index in [9.17, 15) is 4.79 Å². The van der Waals surface area contributed by atoms with Gasteiger partial charge in [0.25, 0.3) is 0 Å². The van der Waals surface area contributed by atoms with Gasteiger partial charge in [-0.25, -0.2) is 4.98 Å². The van der Waals surface area contributed by atoms with E-state index < -0.39 is 0 Å². The van der Waals surface area contributed by atoms with E-state index in [1.165, 1.54) is 11.3 Å². The predicted octanol–water partition coefficient (Wildman–Crippen LogP) is 4.93. The number of carbonyl (C=O) groups excluding carboxylic acids is 1. The summed E-state index contributed by atoms with van der Waals surface area (Å²) < 4.78 is 0. The van der Waals surface area contributed by atoms with Gasteiger partial charge in [-0.05, 0) is 36.8 Å². The van der Waals surface area contributed by atoms with Crippen LogP contribution in [0.15, 0.2) is 48.0 Å². The first-order valence-corrected chi connectivity index (χ1v) is 9.26. The van der Waals surface area contributed by atoms with Crippen molar-refractivity contribution in [1.29, 1.82) is 0 Å². The quantitative estimate of drug-likeness (QED) is 0.670. The fourth-order valence-electron chi connectivity index (χ4n) is 2.32. The Balaban J connectivity index is 1.62. The molecule has 1 aromatic carbocycles. The summed E-state index contributed by atoms with van der Waals surface area (Å²) in [5.74, 6) is -0.101. The molecule has 0 spiro atoms. The Bertz CT molecular complexity index is 883. The Morgan fingerprint density at radius 3 is 2.80 bits per heavy atom. The van der Waals surface area contributed by atoms with Crippen LogP contribution in [0.2, 0.25) is 10.0 Å². The number of aromatic nitrogens is 2. The largest absolute Gasteiger partial charge is 0.349 e. The second-order valence-corrected chi connectivity index (χ2v) is 7.17. The number of amides is 1. The second-order valence-electron chi connectivity index (χ2n) is 5.50. The average Bonchev–Trinajstić information content (AvgIpc) is 3.06. The third kappa shape index (κ3) is 4.57. The van der Waals surface area contributed by atoms with Crippen molar-refractivity contribution in [3.8, 4) is 10.7 Å². The number of benzene rings is 1. The summed E-state index contributed by atoms with van der Waals surface area (Å²) in [6, 6.07) is 10.8. The molecule has 0 unspecified atom stereocenters. The number of rotatable bonds is 5. The van der Waals surface area contributed by atoms with Gasteiger partial charge in [0.1, 0.15) is 5.01 Å². The van der Waals surface area contributed by atoms with Gasteiger partial charge in [-0.15, -0.1) is 11.3 Å². The van der Waals surface area contributed by atoms with E-state index in [1.807, 2.05) is 36.6 Å². The molecule has 2 aromatic heterocycles. The van der Waals surface area contributed by atoms with Gasteiger partial charge in [-0.2, -0.15) is 0 Å². The van der Waals surface area contributed by atoms with Crippen LogP contribution in [0.25, 0.3) is 10.7 Å². The van der Waals surface area contributed by atoms with E-state index in [2.05, 4.69) is 15.3 Å². The molecule has 0 aliphatic carbocycles. The van der Waals surface area contributed by atoms with Gasteiger partial charge in [-0.3, -0.25) is 9.78 Å². The number of carbonyl (C=O) groups is 1. The molecule has 1 N–H and O–H groups in total. The molecule has 4 nitrogen and oxygen atoms in total. The monoisotopic (exact) mass is 391 g/mol. The summed E-state index contributed by atoms with van der Waals surface area (Å²) in [6.45, 7) is 1.90. The summed E-state index contributed by atoms with van der Waals surface area (Å²) in [7, 11) is 0. The highest BCUT2D eigenvalue weighted by atomic mass is 35.5. The Hall–Kier alpha value is -1.95. The Kier molecular flexibility index (Phi) is 5.68. The van der Waals surface area contributed by atoms with Crippen molar-refractivity contribution < 1.29 is 4.79 Å². The average molecular weight is 392 g/mol. The number of pyridine rings is 1. The van der Waals surface area contributed by atoms with Crippen molar-refractivity contribution in [2.75, 3.05) is 0 Å². The van der Waals surface area contributed by atoms with Crippen molar-refractivity contribution in [3.05, 3.63) is 69.3 Å². The van der Waals surface area contributed by atoms with Crippen molar-refractivity contribution in [2.45, 2.75) is 19.4 Å². The maximum Gasteiger partial charge on any atom is 0.226 e. The summed E-state index contributed by atoms with van der Waals surface area (Å²) in [4.78, 5) is 21.0. The number of nitrogens with one attached hydrogen (secondary N) is 1. The molecule has 3 aromatic rings. The lowest BCUT2D eigenvalue weighted by atomic mass is 10.1. The molecule has 0 saturated heterocycles. The highest BCUT2D eigenvalue weighted by Gasteiger charge is 2.14. The van der Waals surface area contributed by atoms with Gasteiger partial charge >= 0.3 is 0 Å². The zero-order valence-corrected chi connectivity index (χ0v) is 15.7. The minimum atomic E-state index is -0.170. The van der Waals surface area contributed by atoms with Crippen molar-refractivity contribution in [2.24, 2.45) is 0 Å². The standard InChI is InChI=1S/C18H15Cl2N3OS/c1-11(12-5-6-14(19)15(20)8-12)22-17(24)9-13-10-25-18(23-13)16-4-2-3-7-21-16/h2-8,10-11H,9H2,1H3,(H,22,24)/t11-/m0/s1. The molecule has 2 heterocycles. The lowest BCUT2D eigenvalue weighted by molar-refractivity contribution is -0.121. The van der Waals surface area contributed by atoms with E-state index in [1.54, 1.807) is 18.3 Å². The molecular formula is C18H15Cl2N3OS. The Morgan fingerprint density at radius 1 is 1.24 bits per heavy atom. The third-order valence-corrected chi connectivity index (χ3v) is 5.25. The van der Waals surface area contributed by atoms with Crippen LogP contribution in [0, 0.1) is 0 Å². The SMILES string of the molecule is C[C@H](NC(=O)Cc1csc(-c2ccccn2)n1)c1ccc(Cl)c(Cl)c1. The van der Waals surface area contributed by atoms with Gasteiger partial charge in [0.2, 0.25) is 5.91 Å². The lowest BCUT2D eigenvalue weighted by Gasteiger charge is -2.14. The zero-order chi connectivity index (χ0) is 17.8. The molecule has 3 rings (SSSR count). The summed E-state index contributed by atoms with van der Waals surface area (Å²) in [5.41, 5.74) is 2.43. The van der Waals surface area contributed by atoms with Crippen molar-refractivity contribution in [1.82, 2.24) is 15.3 Å². The number of hydrogen-bond acceptors (Lipinski definition) is 4. The number of nitrogens with zero attached hydrogens (tertiary/aromatic N) is 2. The molecule has 1 amide bonds. The van der Waals surface area contributed by atoms with Gasteiger partial charge in [0.15, 0.2) is 0 Å². The molecule has 7 heteroatoms. The molecule has 25 heavy (non-hydrogen) atoms. The molecule has 0 radical (unpaired) electrons. The molecular weight excluding hydrogens is 377 g/mol. The van der Waals surface area contributed by atoms with Crippen molar-refractivity contribution >= 4 is 40.4 Å². The number of thiazole rings is 1. The fourth-order valence-corrected chi connectivity index (χ4v) is 3.42. The number of hydrogen-bond donors (Lipinski definition) is 1. The first-order chi connectivity index (χ1) is 12.0.